The lowest BCUT2D eigenvalue weighted by atomic mass is 10.0. The van der Waals surface area contributed by atoms with Gasteiger partial charge in [0.25, 0.3) is 11.8 Å². The van der Waals surface area contributed by atoms with Gasteiger partial charge < -0.3 is 9.47 Å². The van der Waals surface area contributed by atoms with Crippen molar-refractivity contribution in [3.63, 3.8) is 0 Å². The number of nitrogens with one attached hydrogen (secondary N) is 1. The quantitative estimate of drug-likeness (QED) is 0.411. The Labute approximate surface area is 204 Å². The van der Waals surface area contributed by atoms with Crippen molar-refractivity contribution in [2.45, 2.75) is 27.4 Å². The second-order valence-electron chi connectivity index (χ2n) is 8.49. The number of nitrogens with zero attached hydrogens (tertiary/aromatic N) is 1. The molecule has 178 valence electrons. The minimum atomic E-state index is -0.778. The fourth-order valence-electron chi connectivity index (χ4n) is 3.88. The van der Waals surface area contributed by atoms with Crippen LogP contribution in [0, 0.1) is 20.8 Å². The summed E-state index contributed by atoms with van der Waals surface area (Å²) >= 11 is 0. The largest absolute Gasteiger partial charge is 0.493 e. The monoisotopic (exact) mass is 470 g/mol. The second kappa shape index (κ2) is 9.85. The van der Waals surface area contributed by atoms with Crippen LogP contribution in [-0.2, 0) is 16.2 Å². The van der Waals surface area contributed by atoms with Crippen molar-refractivity contribution in [2.24, 2.45) is 0 Å². The standard InChI is InChI=1S/C28H26N2O5/c1-17-5-7-20(8-6-17)16-35-24-10-9-21(15-25(24)34-4)14-23-26(31)29-28(33)30(27(23)32)22-12-18(2)11-19(3)13-22/h5-15H,16H2,1-4H3,(H,29,31,33)/b23-14+. The molecule has 1 heterocycles. The first-order valence-corrected chi connectivity index (χ1v) is 11.1. The summed E-state index contributed by atoms with van der Waals surface area (Å²) < 4.78 is 11.4. The number of imide groups is 2. The van der Waals surface area contributed by atoms with E-state index in [9.17, 15) is 14.4 Å². The van der Waals surface area contributed by atoms with Gasteiger partial charge in [0.2, 0.25) is 0 Å². The molecule has 1 aliphatic heterocycles. The number of ether oxygens (including phenoxy) is 2. The fraction of sp³-hybridized carbons (Fsp3) is 0.179. The number of urea groups is 1. The average molecular weight is 471 g/mol. The van der Waals surface area contributed by atoms with E-state index in [2.05, 4.69) is 5.32 Å². The number of aryl methyl sites for hydroxylation is 3. The van der Waals surface area contributed by atoms with E-state index < -0.39 is 17.8 Å². The maximum atomic E-state index is 13.2. The number of hydrogen-bond acceptors (Lipinski definition) is 5. The molecule has 0 unspecified atom stereocenters. The number of amides is 4. The Morgan fingerprint density at radius 3 is 2.17 bits per heavy atom. The van der Waals surface area contributed by atoms with Crippen LogP contribution in [0.15, 0.2) is 66.2 Å². The molecular weight excluding hydrogens is 444 g/mol. The molecule has 0 aliphatic carbocycles. The Morgan fingerprint density at radius 1 is 0.829 bits per heavy atom. The van der Waals surface area contributed by atoms with E-state index in [1.54, 1.807) is 30.3 Å². The first-order valence-electron chi connectivity index (χ1n) is 11.1. The number of rotatable bonds is 6. The van der Waals surface area contributed by atoms with Gasteiger partial charge in [-0.1, -0.05) is 42.0 Å². The van der Waals surface area contributed by atoms with Gasteiger partial charge in [-0.3, -0.25) is 14.9 Å². The van der Waals surface area contributed by atoms with E-state index >= 15 is 0 Å². The molecule has 1 N–H and O–H groups in total. The van der Waals surface area contributed by atoms with Crippen molar-refractivity contribution in [1.29, 1.82) is 0 Å². The van der Waals surface area contributed by atoms with Gasteiger partial charge in [0.05, 0.1) is 12.8 Å². The smallest absolute Gasteiger partial charge is 0.335 e. The first kappa shape index (κ1) is 23.8. The highest BCUT2D eigenvalue weighted by molar-refractivity contribution is 6.39. The van der Waals surface area contributed by atoms with Crippen molar-refractivity contribution >= 4 is 29.6 Å². The number of benzene rings is 3. The first-order chi connectivity index (χ1) is 16.7. The summed E-state index contributed by atoms with van der Waals surface area (Å²) in [5.74, 6) is -0.458. The molecule has 0 atom stereocenters. The zero-order chi connectivity index (χ0) is 25.1. The Morgan fingerprint density at radius 2 is 1.51 bits per heavy atom. The third kappa shape index (κ3) is 5.24. The number of methoxy groups -OCH3 is 1. The summed E-state index contributed by atoms with van der Waals surface area (Å²) in [4.78, 5) is 39.2. The van der Waals surface area contributed by atoms with Gasteiger partial charge in [-0.05, 0) is 73.4 Å². The molecule has 0 bridgehead atoms. The van der Waals surface area contributed by atoms with E-state index in [1.807, 2.05) is 51.1 Å². The topological polar surface area (TPSA) is 84.9 Å². The van der Waals surface area contributed by atoms with Gasteiger partial charge in [0.1, 0.15) is 12.2 Å². The number of carbonyl (C=O) groups excluding carboxylic acids is 3. The highest BCUT2D eigenvalue weighted by Crippen LogP contribution is 2.31. The summed E-state index contributed by atoms with van der Waals surface area (Å²) in [5, 5.41) is 2.25. The molecule has 7 nitrogen and oxygen atoms in total. The van der Waals surface area contributed by atoms with Crippen LogP contribution in [0.5, 0.6) is 11.5 Å². The fourth-order valence-corrected chi connectivity index (χ4v) is 3.88. The molecule has 1 fully saturated rings. The molecule has 1 saturated heterocycles. The highest BCUT2D eigenvalue weighted by atomic mass is 16.5. The van der Waals surface area contributed by atoms with E-state index in [0.717, 1.165) is 21.6 Å². The van der Waals surface area contributed by atoms with Gasteiger partial charge >= 0.3 is 6.03 Å². The molecule has 1 aliphatic rings. The van der Waals surface area contributed by atoms with Gasteiger partial charge in [0, 0.05) is 0 Å². The molecule has 0 saturated carbocycles. The highest BCUT2D eigenvalue weighted by Gasteiger charge is 2.37. The van der Waals surface area contributed by atoms with E-state index in [0.29, 0.717) is 29.4 Å². The molecule has 3 aromatic carbocycles. The Balaban J connectivity index is 1.60. The average Bonchev–Trinajstić information content (AvgIpc) is 2.81. The van der Waals surface area contributed by atoms with Crippen molar-refractivity contribution in [2.75, 3.05) is 12.0 Å². The predicted octanol–water partition coefficient (Wildman–Crippen LogP) is 4.87. The molecule has 7 heteroatoms. The summed E-state index contributed by atoms with van der Waals surface area (Å²) in [5.41, 5.74) is 4.79. The van der Waals surface area contributed by atoms with Crippen molar-refractivity contribution in [3.05, 3.63) is 94.1 Å². The molecule has 0 spiro atoms. The maximum Gasteiger partial charge on any atom is 0.335 e. The van der Waals surface area contributed by atoms with Crippen molar-refractivity contribution in [1.82, 2.24) is 5.32 Å². The third-order valence-corrected chi connectivity index (χ3v) is 5.58. The Kier molecular flexibility index (Phi) is 6.68. The van der Waals surface area contributed by atoms with Crippen LogP contribution in [-0.4, -0.2) is 25.0 Å². The van der Waals surface area contributed by atoms with E-state index in [1.165, 1.54) is 18.7 Å². The van der Waals surface area contributed by atoms with E-state index in [-0.39, 0.29) is 5.57 Å². The number of barbiturate groups is 1. The minimum Gasteiger partial charge on any atom is -0.493 e. The Bertz CT molecular complexity index is 1320. The van der Waals surface area contributed by atoms with Crippen molar-refractivity contribution < 1.29 is 23.9 Å². The minimum absolute atomic E-state index is 0.154. The molecule has 3 aromatic rings. The molecule has 0 radical (unpaired) electrons. The lowest BCUT2D eigenvalue weighted by Gasteiger charge is -2.27. The lowest BCUT2D eigenvalue weighted by molar-refractivity contribution is -0.122. The molecular formula is C28H26N2O5. The van der Waals surface area contributed by atoms with Crippen LogP contribution in [0.1, 0.15) is 27.8 Å². The summed E-state index contributed by atoms with van der Waals surface area (Å²) in [7, 11) is 1.52. The molecule has 35 heavy (non-hydrogen) atoms. The van der Waals surface area contributed by atoms with Crippen LogP contribution in [0.2, 0.25) is 0 Å². The number of hydrogen-bond donors (Lipinski definition) is 1. The van der Waals surface area contributed by atoms with Crippen LogP contribution in [0.25, 0.3) is 6.08 Å². The zero-order valence-corrected chi connectivity index (χ0v) is 20.0. The normalized spacial score (nSPS) is 14.8. The summed E-state index contributed by atoms with van der Waals surface area (Å²) in [6.45, 7) is 6.14. The molecule has 4 rings (SSSR count). The summed E-state index contributed by atoms with van der Waals surface area (Å²) in [6.07, 6.45) is 1.44. The number of anilines is 1. The van der Waals surface area contributed by atoms with Crippen LogP contribution in [0.3, 0.4) is 0 Å². The van der Waals surface area contributed by atoms with Gasteiger partial charge in [-0.15, -0.1) is 0 Å². The number of carbonyl (C=O) groups is 3. The van der Waals surface area contributed by atoms with Crippen LogP contribution < -0.4 is 19.7 Å². The van der Waals surface area contributed by atoms with Gasteiger partial charge in [-0.25, -0.2) is 9.69 Å². The zero-order valence-electron chi connectivity index (χ0n) is 20.0. The van der Waals surface area contributed by atoms with E-state index in [4.69, 9.17) is 9.47 Å². The molecule has 0 aromatic heterocycles. The van der Waals surface area contributed by atoms with Crippen LogP contribution in [0.4, 0.5) is 10.5 Å². The SMILES string of the molecule is COc1cc(/C=C2\C(=O)NC(=O)N(c3cc(C)cc(C)c3)C2=O)ccc1OCc1ccc(C)cc1. The lowest BCUT2D eigenvalue weighted by Crippen LogP contribution is -2.54. The predicted molar refractivity (Wildman–Crippen MR) is 133 cm³/mol. The second-order valence-corrected chi connectivity index (χ2v) is 8.49. The van der Waals surface area contributed by atoms with Crippen molar-refractivity contribution in [3.8, 4) is 11.5 Å². The maximum absolute atomic E-state index is 13.2. The van der Waals surface area contributed by atoms with Gasteiger partial charge in [-0.2, -0.15) is 0 Å². The van der Waals surface area contributed by atoms with Crippen LogP contribution >= 0.6 is 0 Å². The third-order valence-electron chi connectivity index (χ3n) is 5.58. The summed E-state index contributed by atoms with van der Waals surface area (Å²) in [6, 6.07) is 17.7. The van der Waals surface area contributed by atoms with Gasteiger partial charge in [0.15, 0.2) is 11.5 Å². The Hall–Kier alpha value is -4.39. The molecule has 4 amide bonds.